The lowest BCUT2D eigenvalue weighted by molar-refractivity contribution is -0.139. The minimum absolute atomic E-state index is 0.119. The van der Waals surface area contributed by atoms with Crippen molar-refractivity contribution in [3.8, 4) is 17.6 Å². The minimum atomic E-state index is -0.536. The first kappa shape index (κ1) is 18.1. The zero-order valence-electron chi connectivity index (χ0n) is 14.0. The summed E-state index contributed by atoms with van der Waals surface area (Å²) in [7, 11) is 3.16. The second kappa shape index (κ2) is 8.60. The smallest absolute Gasteiger partial charge is 0.315 e. The molecule has 0 N–H and O–H groups in total. The molecule has 7 heteroatoms. The van der Waals surface area contributed by atoms with Crippen molar-refractivity contribution in [1.29, 1.82) is 5.26 Å². The third kappa shape index (κ3) is 4.01. The molecule has 0 amide bonds. The average molecular weight is 348 g/mol. The van der Waals surface area contributed by atoms with Crippen molar-refractivity contribution in [2.24, 2.45) is 4.99 Å². The van der Waals surface area contributed by atoms with Gasteiger partial charge in [-0.1, -0.05) is 0 Å². The predicted molar refractivity (Wildman–Crippen MR) is 93.1 cm³/mol. The van der Waals surface area contributed by atoms with Gasteiger partial charge in [0.25, 0.3) is 0 Å². The van der Waals surface area contributed by atoms with Crippen LogP contribution in [0.4, 0.5) is 0 Å². The number of methoxy groups -OCH3 is 2. The van der Waals surface area contributed by atoms with Crippen molar-refractivity contribution < 1.29 is 19.0 Å². The Morgan fingerprint density at radius 1 is 1.38 bits per heavy atom. The standard InChI is InChI=1S/C17H20N2O4S/c1-4-23-16(20)10-24-15(9-18)17-12-8-14(22-3)13(21-2)7-11(12)5-6-19-17/h7-8,15H,4-6,10H2,1-3H3. The SMILES string of the molecule is CCOC(=O)CSC(C#N)C1=NCCc2cc(OC)c(OC)cc21. The molecule has 0 aromatic heterocycles. The Morgan fingerprint density at radius 3 is 2.71 bits per heavy atom. The molecule has 0 fully saturated rings. The molecule has 1 unspecified atom stereocenters. The summed E-state index contributed by atoms with van der Waals surface area (Å²) in [6, 6.07) is 6.00. The van der Waals surface area contributed by atoms with E-state index in [0.717, 1.165) is 17.5 Å². The molecule has 1 heterocycles. The Kier molecular flexibility index (Phi) is 6.50. The van der Waals surface area contributed by atoms with Crippen LogP contribution < -0.4 is 9.47 Å². The molecule has 0 saturated carbocycles. The number of rotatable bonds is 7. The van der Waals surface area contributed by atoms with Gasteiger partial charge in [0, 0.05) is 12.1 Å². The summed E-state index contributed by atoms with van der Waals surface area (Å²) in [6.45, 7) is 2.69. The van der Waals surface area contributed by atoms with Gasteiger partial charge in [0.1, 0.15) is 5.25 Å². The third-order valence-electron chi connectivity index (χ3n) is 3.59. The number of carbonyl (C=O) groups excluding carboxylic acids is 1. The monoisotopic (exact) mass is 348 g/mol. The summed E-state index contributed by atoms with van der Waals surface area (Å²) in [5.41, 5.74) is 2.62. The van der Waals surface area contributed by atoms with Crippen LogP contribution in [0.25, 0.3) is 0 Å². The molecule has 2 rings (SSSR count). The number of benzene rings is 1. The molecular weight excluding hydrogens is 328 g/mol. The van der Waals surface area contributed by atoms with E-state index >= 15 is 0 Å². The lowest BCUT2D eigenvalue weighted by Gasteiger charge is -2.22. The molecule has 128 valence electrons. The summed E-state index contributed by atoms with van der Waals surface area (Å²) in [4.78, 5) is 16.1. The highest BCUT2D eigenvalue weighted by Crippen LogP contribution is 2.34. The molecule has 24 heavy (non-hydrogen) atoms. The zero-order valence-corrected chi connectivity index (χ0v) is 14.8. The molecule has 6 nitrogen and oxygen atoms in total. The summed E-state index contributed by atoms with van der Waals surface area (Å²) in [6.07, 6.45) is 0.778. The molecule has 0 bridgehead atoms. The molecule has 1 atom stereocenters. The van der Waals surface area contributed by atoms with Crippen LogP contribution in [-0.2, 0) is 16.0 Å². The van der Waals surface area contributed by atoms with E-state index in [-0.39, 0.29) is 11.7 Å². The Morgan fingerprint density at radius 2 is 2.08 bits per heavy atom. The number of ether oxygens (including phenoxy) is 3. The average Bonchev–Trinajstić information content (AvgIpc) is 2.61. The van der Waals surface area contributed by atoms with E-state index in [1.165, 1.54) is 11.8 Å². The lowest BCUT2D eigenvalue weighted by Crippen LogP contribution is -2.24. The summed E-state index contributed by atoms with van der Waals surface area (Å²) in [5.74, 6) is 1.04. The fourth-order valence-electron chi connectivity index (χ4n) is 2.50. The van der Waals surface area contributed by atoms with Crippen LogP contribution in [0, 0.1) is 11.3 Å². The number of hydrogen-bond acceptors (Lipinski definition) is 7. The van der Waals surface area contributed by atoms with Crippen molar-refractivity contribution in [2.45, 2.75) is 18.6 Å². The maximum absolute atomic E-state index is 11.5. The highest BCUT2D eigenvalue weighted by atomic mass is 32.2. The zero-order chi connectivity index (χ0) is 17.5. The lowest BCUT2D eigenvalue weighted by atomic mass is 9.95. The Labute approximate surface area is 145 Å². The highest BCUT2D eigenvalue weighted by molar-refractivity contribution is 8.01. The number of esters is 1. The van der Waals surface area contributed by atoms with E-state index < -0.39 is 5.25 Å². The first-order valence-electron chi connectivity index (χ1n) is 7.61. The van der Waals surface area contributed by atoms with Crippen LogP contribution in [0.5, 0.6) is 11.5 Å². The van der Waals surface area contributed by atoms with Crippen LogP contribution >= 0.6 is 11.8 Å². The maximum atomic E-state index is 11.5. The summed E-state index contributed by atoms with van der Waals surface area (Å²) < 4.78 is 15.6. The number of fused-ring (bicyclic) bond motifs is 1. The molecule has 1 aliphatic heterocycles. The number of carbonyl (C=O) groups is 1. The van der Waals surface area contributed by atoms with E-state index in [1.54, 1.807) is 21.1 Å². The predicted octanol–water partition coefficient (Wildman–Crippen LogP) is 2.24. The van der Waals surface area contributed by atoms with Gasteiger partial charge in [-0.25, -0.2) is 0 Å². The van der Waals surface area contributed by atoms with Gasteiger partial charge >= 0.3 is 5.97 Å². The van der Waals surface area contributed by atoms with Gasteiger partial charge in [-0.3, -0.25) is 9.79 Å². The fraction of sp³-hybridized carbons (Fsp3) is 0.471. The second-order valence-corrected chi connectivity index (χ2v) is 6.10. The van der Waals surface area contributed by atoms with Crippen molar-refractivity contribution >= 4 is 23.4 Å². The fourth-order valence-corrected chi connectivity index (χ4v) is 3.32. The molecule has 1 aliphatic rings. The van der Waals surface area contributed by atoms with E-state index in [4.69, 9.17) is 14.2 Å². The van der Waals surface area contributed by atoms with E-state index in [2.05, 4.69) is 11.1 Å². The van der Waals surface area contributed by atoms with Crippen LogP contribution in [0.15, 0.2) is 17.1 Å². The van der Waals surface area contributed by atoms with Gasteiger partial charge in [0.2, 0.25) is 0 Å². The Bertz CT molecular complexity index is 682. The normalized spacial score (nSPS) is 14.0. The Hall–Kier alpha value is -2.20. The number of thioether (sulfide) groups is 1. The number of aliphatic imine (C=N–C) groups is 1. The molecule has 1 aromatic rings. The van der Waals surface area contributed by atoms with Gasteiger partial charge in [-0.15, -0.1) is 11.8 Å². The van der Waals surface area contributed by atoms with Crippen LogP contribution in [0.3, 0.4) is 0 Å². The van der Waals surface area contributed by atoms with Gasteiger partial charge in [-0.2, -0.15) is 5.26 Å². The molecule has 1 aromatic carbocycles. The summed E-state index contributed by atoms with van der Waals surface area (Å²) in [5, 5.41) is 8.98. The van der Waals surface area contributed by atoms with E-state index in [1.807, 2.05) is 12.1 Å². The molecular formula is C17H20N2O4S. The topological polar surface area (TPSA) is 80.9 Å². The number of hydrogen-bond donors (Lipinski definition) is 0. The molecule has 0 saturated heterocycles. The summed E-state index contributed by atoms with van der Waals surface area (Å²) >= 11 is 1.22. The first-order valence-corrected chi connectivity index (χ1v) is 8.65. The van der Waals surface area contributed by atoms with Gasteiger partial charge < -0.3 is 14.2 Å². The quantitative estimate of drug-likeness (QED) is 0.703. The van der Waals surface area contributed by atoms with Crippen molar-refractivity contribution in [1.82, 2.24) is 0 Å². The van der Waals surface area contributed by atoms with Crippen LogP contribution in [-0.4, -0.2) is 50.1 Å². The van der Waals surface area contributed by atoms with E-state index in [0.29, 0.717) is 30.4 Å². The largest absolute Gasteiger partial charge is 0.493 e. The van der Waals surface area contributed by atoms with Crippen molar-refractivity contribution in [3.63, 3.8) is 0 Å². The van der Waals surface area contributed by atoms with Crippen molar-refractivity contribution in [2.75, 3.05) is 33.1 Å². The van der Waals surface area contributed by atoms with Gasteiger partial charge in [0.15, 0.2) is 11.5 Å². The molecule has 0 radical (unpaired) electrons. The molecule has 0 aliphatic carbocycles. The Balaban J connectivity index is 2.27. The maximum Gasteiger partial charge on any atom is 0.315 e. The minimum Gasteiger partial charge on any atom is -0.493 e. The van der Waals surface area contributed by atoms with Gasteiger partial charge in [-0.05, 0) is 31.0 Å². The molecule has 0 spiro atoms. The van der Waals surface area contributed by atoms with Crippen LogP contribution in [0.1, 0.15) is 18.1 Å². The first-order chi connectivity index (χ1) is 11.6. The highest BCUT2D eigenvalue weighted by Gasteiger charge is 2.26. The number of nitrogens with zero attached hydrogens (tertiary/aromatic N) is 2. The third-order valence-corrected chi connectivity index (χ3v) is 4.65. The van der Waals surface area contributed by atoms with Crippen LogP contribution in [0.2, 0.25) is 0 Å². The van der Waals surface area contributed by atoms with Crippen molar-refractivity contribution in [3.05, 3.63) is 23.3 Å². The van der Waals surface area contributed by atoms with E-state index in [9.17, 15) is 10.1 Å². The van der Waals surface area contributed by atoms with Gasteiger partial charge in [0.05, 0.1) is 38.4 Å². The number of nitriles is 1. The second-order valence-electron chi connectivity index (χ2n) is 5.01.